The van der Waals surface area contributed by atoms with Gasteiger partial charge in [0, 0.05) is 18.4 Å². The molecule has 0 aliphatic rings. The van der Waals surface area contributed by atoms with E-state index in [4.69, 9.17) is 0 Å². The van der Waals surface area contributed by atoms with Gasteiger partial charge >= 0.3 is 0 Å². The molecule has 14 heavy (non-hydrogen) atoms. The largest absolute Gasteiger partial charge is 0.302 e. The summed E-state index contributed by atoms with van der Waals surface area (Å²) in [4.78, 5) is 2.13. The van der Waals surface area contributed by atoms with Gasteiger partial charge in [-0.25, -0.2) is 8.42 Å². The normalized spacial score (nSPS) is 12.7. The van der Waals surface area contributed by atoms with Crippen molar-refractivity contribution < 1.29 is 8.42 Å². The van der Waals surface area contributed by atoms with E-state index >= 15 is 0 Å². The van der Waals surface area contributed by atoms with Gasteiger partial charge in [-0.15, -0.1) is 0 Å². The van der Waals surface area contributed by atoms with E-state index in [1.165, 1.54) is 0 Å². The molecule has 0 aliphatic heterocycles. The van der Waals surface area contributed by atoms with Gasteiger partial charge in [-0.3, -0.25) is 0 Å². The molecular weight excluding hydrogens is 266 g/mol. The van der Waals surface area contributed by atoms with Gasteiger partial charge in [0.05, 0.1) is 11.0 Å². The van der Waals surface area contributed by atoms with Gasteiger partial charge in [-0.1, -0.05) is 22.9 Å². The summed E-state index contributed by atoms with van der Waals surface area (Å²) >= 11 is 3.35. The second-order valence-electron chi connectivity index (χ2n) is 3.54. The van der Waals surface area contributed by atoms with Gasteiger partial charge in [-0.05, 0) is 20.4 Å². The van der Waals surface area contributed by atoms with Crippen LogP contribution in [0.1, 0.15) is 20.8 Å². The van der Waals surface area contributed by atoms with Gasteiger partial charge in [0.2, 0.25) is 0 Å². The zero-order valence-electron chi connectivity index (χ0n) is 9.16. The number of halogens is 1. The Hall–Kier alpha value is 0.390. The van der Waals surface area contributed by atoms with Crippen LogP contribution >= 0.6 is 15.9 Å². The van der Waals surface area contributed by atoms with Crippen LogP contribution in [0.15, 0.2) is 0 Å². The van der Waals surface area contributed by atoms with Crippen LogP contribution in [0.5, 0.6) is 0 Å². The first kappa shape index (κ1) is 14.4. The summed E-state index contributed by atoms with van der Waals surface area (Å²) in [5.74, 6) is 0.269. The summed E-state index contributed by atoms with van der Waals surface area (Å²) in [5.41, 5.74) is 0. The molecule has 0 bridgehead atoms. The Morgan fingerprint density at radius 1 is 1.29 bits per heavy atom. The molecule has 0 saturated carbocycles. The quantitative estimate of drug-likeness (QED) is 0.666. The molecule has 0 aromatic rings. The lowest BCUT2D eigenvalue weighted by molar-refractivity contribution is 0.325. The third-order valence-electron chi connectivity index (χ3n) is 2.26. The second-order valence-corrected chi connectivity index (χ2v) is 7.01. The highest BCUT2D eigenvalue weighted by Crippen LogP contribution is 2.02. The SMILES string of the molecule is CCN(CCBr)CCS(=O)(=O)C(C)C. The summed E-state index contributed by atoms with van der Waals surface area (Å²) in [6.07, 6.45) is 0. The topological polar surface area (TPSA) is 37.4 Å². The Kier molecular flexibility index (Phi) is 6.99. The number of hydrogen-bond acceptors (Lipinski definition) is 3. The van der Waals surface area contributed by atoms with E-state index in [1.54, 1.807) is 13.8 Å². The zero-order valence-corrected chi connectivity index (χ0v) is 11.6. The molecule has 0 radical (unpaired) electrons. The highest BCUT2D eigenvalue weighted by Gasteiger charge is 2.16. The van der Waals surface area contributed by atoms with E-state index in [0.29, 0.717) is 6.54 Å². The number of rotatable bonds is 7. The van der Waals surface area contributed by atoms with Crippen molar-refractivity contribution in [2.75, 3.05) is 30.7 Å². The summed E-state index contributed by atoms with van der Waals surface area (Å²) in [5, 5.41) is 0.632. The predicted molar refractivity (Wildman–Crippen MR) is 64.8 cm³/mol. The van der Waals surface area contributed by atoms with Gasteiger partial charge in [0.25, 0.3) is 0 Å². The van der Waals surface area contributed by atoms with Crippen LogP contribution in [-0.2, 0) is 9.84 Å². The van der Waals surface area contributed by atoms with Crippen molar-refractivity contribution in [2.45, 2.75) is 26.0 Å². The summed E-state index contributed by atoms with van der Waals surface area (Å²) in [6, 6.07) is 0. The Labute approximate surface area is 95.9 Å². The summed E-state index contributed by atoms with van der Waals surface area (Å²) in [7, 11) is -2.88. The van der Waals surface area contributed by atoms with Gasteiger partial charge in [0.1, 0.15) is 0 Å². The number of nitrogens with zero attached hydrogens (tertiary/aromatic N) is 1. The number of hydrogen-bond donors (Lipinski definition) is 0. The molecule has 0 rings (SSSR count). The molecule has 0 heterocycles. The number of alkyl halides is 1. The van der Waals surface area contributed by atoms with Gasteiger partial charge in [0.15, 0.2) is 9.84 Å². The number of sulfone groups is 1. The Balaban J connectivity index is 4.03. The van der Waals surface area contributed by atoms with Crippen molar-refractivity contribution in [3.8, 4) is 0 Å². The van der Waals surface area contributed by atoms with Crippen molar-refractivity contribution in [1.29, 1.82) is 0 Å². The van der Waals surface area contributed by atoms with E-state index in [-0.39, 0.29) is 11.0 Å². The molecular formula is C9H20BrNO2S. The van der Waals surface area contributed by atoms with E-state index in [1.807, 2.05) is 6.92 Å². The first-order valence-electron chi connectivity index (χ1n) is 4.94. The minimum atomic E-state index is -2.88. The fourth-order valence-corrected chi connectivity index (χ4v) is 2.53. The Morgan fingerprint density at radius 2 is 1.86 bits per heavy atom. The highest BCUT2D eigenvalue weighted by molar-refractivity contribution is 9.09. The fraction of sp³-hybridized carbons (Fsp3) is 1.00. The van der Waals surface area contributed by atoms with E-state index in [2.05, 4.69) is 20.8 Å². The van der Waals surface area contributed by atoms with E-state index in [0.717, 1.165) is 18.4 Å². The van der Waals surface area contributed by atoms with Crippen molar-refractivity contribution in [3.63, 3.8) is 0 Å². The van der Waals surface area contributed by atoms with Gasteiger partial charge in [-0.2, -0.15) is 0 Å². The van der Waals surface area contributed by atoms with Crippen LogP contribution < -0.4 is 0 Å². The molecule has 86 valence electrons. The molecule has 0 amide bonds. The van der Waals surface area contributed by atoms with E-state index < -0.39 is 9.84 Å². The monoisotopic (exact) mass is 285 g/mol. The van der Waals surface area contributed by atoms with E-state index in [9.17, 15) is 8.42 Å². The average molecular weight is 286 g/mol. The third-order valence-corrected chi connectivity index (χ3v) is 4.80. The summed E-state index contributed by atoms with van der Waals surface area (Å²) < 4.78 is 23.0. The second kappa shape index (κ2) is 6.80. The smallest absolute Gasteiger partial charge is 0.153 e. The first-order valence-corrected chi connectivity index (χ1v) is 7.77. The molecule has 3 nitrogen and oxygen atoms in total. The van der Waals surface area contributed by atoms with Crippen LogP contribution in [-0.4, -0.2) is 49.3 Å². The van der Waals surface area contributed by atoms with Crippen molar-refractivity contribution in [2.24, 2.45) is 0 Å². The molecule has 0 unspecified atom stereocenters. The van der Waals surface area contributed by atoms with Crippen molar-refractivity contribution in [3.05, 3.63) is 0 Å². The molecule has 0 aliphatic carbocycles. The first-order chi connectivity index (χ1) is 6.44. The molecule has 0 aromatic heterocycles. The predicted octanol–water partition coefficient (Wildman–Crippen LogP) is 1.53. The molecule has 0 saturated heterocycles. The lowest BCUT2D eigenvalue weighted by Crippen LogP contribution is -2.32. The van der Waals surface area contributed by atoms with Crippen LogP contribution in [0, 0.1) is 0 Å². The third kappa shape index (κ3) is 5.32. The maximum absolute atomic E-state index is 11.5. The van der Waals surface area contributed by atoms with Crippen LogP contribution in [0.4, 0.5) is 0 Å². The Morgan fingerprint density at radius 3 is 2.21 bits per heavy atom. The van der Waals surface area contributed by atoms with Crippen LogP contribution in [0.2, 0.25) is 0 Å². The van der Waals surface area contributed by atoms with Crippen molar-refractivity contribution in [1.82, 2.24) is 4.90 Å². The minimum Gasteiger partial charge on any atom is -0.302 e. The lowest BCUT2D eigenvalue weighted by atomic mass is 10.5. The maximum Gasteiger partial charge on any atom is 0.153 e. The molecule has 0 spiro atoms. The molecule has 0 N–H and O–H groups in total. The minimum absolute atomic E-state index is 0.259. The summed E-state index contributed by atoms with van der Waals surface area (Å²) in [6.45, 7) is 7.96. The molecule has 0 aromatic carbocycles. The molecule has 5 heteroatoms. The fourth-order valence-electron chi connectivity index (χ4n) is 1.04. The maximum atomic E-state index is 11.5. The van der Waals surface area contributed by atoms with Crippen LogP contribution in [0.3, 0.4) is 0 Å². The highest BCUT2D eigenvalue weighted by atomic mass is 79.9. The van der Waals surface area contributed by atoms with Gasteiger partial charge < -0.3 is 4.90 Å². The van der Waals surface area contributed by atoms with Crippen molar-refractivity contribution >= 4 is 25.8 Å². The Bertz CT molecular complexity index is 239. The average Bonchev–Trinajstić information content (AvgIpc) is 2.12. The zero-order chi connectivity index (χ0) is 11.2. The molecule has 0 atom stereocenters. The molecule has 0 fully saturated rings. The van der Waals surface area contributed by atoms with Crippen LogP contribution in [0.25, 0.3) is 0 Å². The lowest BCUT2D eigenvalue weighted by Gasteiger charge is -2.19. The standard InChI is InChI=1S/C9H20BrNO2S/c1-4-11(6-5-10)7-8-14(12,13)9(2)3/h9H,4-8H2,1-3H3.